The van der Waals surface area contributed by atoms with Gasteiger partial charge in [0.2, 0.25) is 0 Å². The van der Waals surface area contributed by atoms with E-state index in [1.165, 1.54) is 30.7 Å². The number of thiazole rings is 1. The molecule has 0 amide bonds. The molecule has 1 N–H and O–H groups in total. The van der Waals surface area contributed by atoms with Gasteiger partial charge in [-0.2, -0.15) is 0 Å². The van der Waals surface area contributed by atoms with Gasteiger partial charge in [0.25, 0.3) is 0 Å². The van der Waals surface area contributed by atoms with E-state index in [0.717, 1.165) is 19.6 Å². The lowest BCUT2D eigenvalue weighted by atomic mass is 9.80. The van der Waals surface area contributed by atoms with Crippen molar-refractivity contribution in [2.75, 3.05) is 13.1 Å². The maximum Gasteiger partial charge on any atom is 0.107 e. The SMILES string of the molecule is CCC1(CC)CN(Cc2nccs2)C(CC)(CC)CN1. The van der Waals surface area contributed by atoms with Gasteiger partial charge in [0, 0.05) is 35.7 Å². The van der Waals surface area contributed by atoms with Gasteiger partial charge in [-0.15, -0.1) is 11.3 Å². The monoisotopic (exact) mass is 295 g/mol. The molecule has 1 aliphatic heterocycles. The van der Waals surface area contributed by atoms with Crippen molar-refractivity contribution in [1.29, 1.82) is 0 Å². The second-order valence-electron chi connectivity index (χ2n) is 6.05. The molecule has 1 fully saturated rings. The number of hydrogen-bond acceptors (Lipinski definition) is 4. The summed E-state index contributed by atoms with van der Waals surface area (Å²) in [5.74, 6) is 0. The lowest BCUT2D eigenvalue weighted by Crippen LogP contribution is -2.69. The van der Waals surface area contributed by atoms with E-state index < -0.39 is 0 Å². The highest BCUT2D eigenvalue weighted by Crippen LogP contribution is 2.34. The Morgan fingerprint density at radius 3 is 2.40 bits per heavy atom. The Morgan fingerprint density at radius 1 is 1.20 bits per heavy atom. The number of nitrogens with one attached hydrogen (secondary N) is 1. The minimum Gasteiger partial charge on any atom is -0.308 e. The van der Waals surface area contributed by atoms with E-state index in [9.17, 15) is 0 Å². The summed E-state index contributed by atoms with van der Waals surface area (Å²) >= 11 is 1.78. The van der Waals surface area contributed by atoms with E-state index in [4.69, 9.17) is 0 Å². The Labute approximate surface area is 127 Å². The zero-order valence-electron chi connectivity index (χ0n) is 13.4. The maximum atomic E-state index is 4.50. The topological polar surface area (TPSA) is 28.2 Å². The van der Waals surface area contributed by atoms with Gasteiger partial charge >= 0.3 is 0 Å². The zero-order chi connectivity index (χ0) is 14.6. The van der Waals surface area contributed by atoms with Gasteiger partial charge in [0.05, 0.1) is 6.54 Å². The van der Waals surface area contributed by atoms with E-state index >= 15 is 0 Å². The third kappa shape index (κ3) is 2.92. The molecule has 3 nitrogen and oxygen atoms in total. The summed E-state index contributed by atoms with van der Waals surface area (Å²) in [6.07, 6.45) is 6.72. The van der Waals surface area contributed by atoms with Crippen molar-refractivity contribution in [2.45, 2.75) is 71.0 Å². The molecule has 1 aromatic heterocycles. The summed E-state index contributed by atoms with van der Waals surface area (Å²) in [6.45, 7) is 12.5. The Bertz CT molecular complexity index is 394. The molecule has 1 aliphatic rings. The Balaban J connectivity index is 2.22. The molecule has 114 valence electrons. The lowest BCUT2D eigenvalue weighted by Gasteiger charge is -2.54. The maximum absolute atomic E-state index is 4.50. The molecule has 4 heteroatoms. The highest BCUT2D eigenvalue weighted by atomic mass is 32.1. The summed E-state index contributed by atoms with van der Waals surface area (Å²) in [5.41, 5.74) is 0.574. The van der Waals surface area contributed by atoms with Crippen molar-refractivity contribution in [3.63, 3.8) is 0 Å². The van der Waals surface area contributed by atoms with Gasteiger partial charge in [-0.1, -0.05) is 27.7 Å². The van der Waals surface area contributed by atoms with Gasteiger partial charge in [0.15, 0.2) is 0 Å². The number of piperazine rings is 1. The van der Waals surface area contributed by atoms with Gasteiger partial charge in [0.1, 0.15) is 5.01 Å². The van der Waals surface area contributed by atoms with Gasteiger partial charge < -0.3 is 5.32 Å². The van der Waals surface area contributed by atoms with Crippen LogP contribution in [0, 0.1) is 0 Å². The molecule has 0 aliphatic carbocycles. The number of aromatic nitrogens is 1. The van der Waals surface area contributed by atoms with Gasteiger partial charge in [-0.3, -0.25) is 4.90 Å². The Hall–Kier alpha value is -0.450. The van der Waals surface area contributed by atoms with Crippen LogP contribution < -0.4 is 5.32 Å². The quantitative estimate of drug-likeness (QED) is 0.868. The molecule has 1 aromatic rings. The van der Waals surface area contributed by atoms with E-state index in [0.29, 0.717) is 5.54 Å². The summed E-state index contributed by atoms with van der Waals surface area (Å²) in [4.78, 5) is 7.20. The predicted octanol–water partition coefficient (Wildman–Crippen LogP) is 3.67. The number of nitrogens with zero attached hydrogens (tertiary/aromatic N) is 2. The summed E-state index contributed by atoms with van der Waals surface area (Å²) < 4.78 is 0. The van der Waals surface area contributed by atoms with Crippen molar-refractivity contribution in [3.8, 4) is 0 Å². The smallest absolute Gasteiger partial charge is 0.107 e. The molecule has 0 spiro atoms. The van der Waals surface area contributed by atoms with Crippen molar-refractivity contribution >= 4 is 11.3 Å². The van der Waals surface area contributed by atoms with Crippen LogP contribution in [0.1, 0.15) is 58.4 Å². The first-order valence-electron chi connectivity index (χ1n) is 8.02. The Kier molecular flexibility index (Phi) is 5.21. The molecule has 20 heavy (non-hydrogen) atoms. The van der Waals surface area contributed by atoms with Gasteiger partial charge in [-0.05, 0) is 25.7 Å². The fraction of sp³-hybridized carbons (Fsp3) is 0.812. The lowest BCUT2D eigenvalue weighted by molar-refractivity contribution is -0.0111. The van der Waals surface area contributed by atoms with Crippen LogP contribution >= 0.6 is 11.3 Å². The minimum absolute atomic E-state index is 0.283. The first kappa shape index (κ1) is 15.9. The number of hydrogen-bond donors (Lipinski definition) is 1. The van der Waals surface area contributed by atoms with E-state index in [-0.39, 0.29) is 5.54 Å². The standard InChI is InChI=1S/C16H29N3S/c1-5-15(6-2)13-19(11-14-17-9-10-20-14)16(7-3,8-4)12-18-15/h9-10,18H,5-8,11-13H2,1-4H3. The molecule has 0 saturated carbocycles. The van der Waals surface area contributed by atoms with Crippen LogP contribution in [0.5, 0.6) is 0 Å². The molecule has 0 radical (unpaired) electrons. The molecular weight excluding hydrogens is 266 g/mol. The highest BCUT2D eigenvalue weighted by molar-refractivity contribution is 7.09. The molecule has 0 atom stereocenters. The van der Waals surface area contributed by atoms with Crippen molar-refractivity contribution in [3.05, 3.63) is 16.6 Å². The van der Waals surface area contributed by atoms with Crippen LogP contribution in [0.25, 0.3) is 0 Å². The molecule has 0 bridgehead atoms. The Morgan fingerprint density at radius 2 is 1.90 bits per heavy atom. The first-order valence-corrected chi connectivity index (χ1v) is 8.90. The van der Waals surface area contributed by atoms with Crippen molar-refractivity contribution < 1.29 is 0 Å². The summed E-state index contributed by atoms with van der Waals surface area (Å²) in [6, 6.07) is 0. The fourth-order valence-electron chi connectivity index (χ4n) is 3.44. The van der Waals surface area contributed by atoms with E-state index in [2.05, 4.69) is 48.3 Å². The van der Waals surface area contributed by atoms with Crippen LogP contribution in [-0.2, 0) is 6.54 Å². The molecule has 0 aromatic carbocycles. The summed E-state index contributed by atoms with van der Waals surface area (Å²) in [5, 5.41) is 7.21. The average Bonchev–Trinajstić information content (AvgIpc) is 3.00. The fourth-order valence-corrected chi connectivity index (χ4v) is 4.07. The van der Waals surface area contributed by atoms with Crippen LogP contribution in [0.4, 0.5) is 0 Å². The first-order chi connectivity index (χ1) is 9.63. The summed E-state index contributed by atoms with van der Waals surface area (Å²) in [7, 11) is 0. The van der Waals surface area contributed by atoms with Crippen LogP contribution in [0.2, 0.25) is 0 Å². The third-order valence-corrected chi connectivity index (χ3v) is 6.20. The third-order valence-electron chi connectivity index (χ3n) is 5.44. The largest absolute Gasteiger partial charge is 0.308 e. The van der Waals surface area contributed by atoms with Crippen molar-refractivity contribution in [2.24, 2.45) is 0 Å². The predicted molar refractivity (Wildman–Crippen MR) is 87.2 cm³/mol. The second-order valence-corrected chi connectivity index (χ2v) is 7.03. The average molecular weight is 295 g/mol. The molecule has 0 unspecified atom stereocenters. The minimum atomic E-state index is 0.283. The van der Waals surface area contributed by atoms with Crippen molar-refractivity contribution in [1.82, 2.24) is 15.2 Å². The van der Waals surface area contributed by atoms with Crippen LogP contribution in [-0.4, -0.2) is 34.1 Å². The van der Waals surface area contributed by atoms with E-state index in [1.54, 1.807) is 11.3 Å². The molecule has 2 rings (SSSR count). The molecule has 1 saturated heterocycles. The van der Waals surface area contributed by atoms with Gasteiger partial charge in [-0.25, -0.2) is 4.98 Å². The zero-order valence-corrected chi connectivity index (χ0v) is 14.2. The highest BCUT2D eigenvalue weighted by Gasteiger charge is 2.44. The normalized spacial score (nSPS) is 22.0. The van der Waals surface area contributed by atoms with Crippen LogP contribution in [0.15, 0.2) is 11.6 Å². The molecule has 2 heterocycles. The number of rotatable bonds is 6. The van der Waals surface area contributed by atoms with E-state index in [1.807, 2.05) is 6.20 Å². The second kappa shape index (κ2) is 6.54. The molecular formula is C16H29N3S. The van der Waals surface area contributed by atoms with Crippen LogP contribution in [0.3, 0.4) is 0 Å².